The van der Waals surface area contributed by atoms with E-state index in [0.717, 1.165) is 10.4 Å². The average Bonchev–Trinajstić information content (AvgIpc) is 3.49. The summed E-state index contributed by atoms with van der Waals surface area (Å²) in [7, 11) is 0. The molecule has 36 heavy (non-hydrogen) atoms. The first-order valence-electron chi connectivity index (χ1n) is 11.2. The Morgan fingerprint density at radius 3 is 2.64 bits per heavy atom. The molecule has 0 radical (unpaired) electrons. The van der Waals surface area contributed by atoms with E-state index in [4.69, 9.17) is 31.2 Å². The fourth-order valence-corrected chi connectivity index (χ4v) is 4.64. The molecule has 4 rings (SSSR count). The van der Waals surface area contributed by atoms with Gasteiger partial charge in [-0.3, -0.25) is 15.6 Å². The van der Waals surface area contributed by atoms with E-state index in [9.17, 15) is 9.59 Å². The maximum Gasteiger partial charge on any atom is 0.341 e. The van der Waals surface area contributed by atoms with Gasteiger partial charge in [-0.15, -0.1) is 11.3 Å². The van der Waals surface area contributed by atoms with E-state index in [0.29, 0.717) is 34.2 Å². The molecule has 2 heterocycles. The highest BCUT2D eigenvalue weighted by Gasteiger charge is 2.20. The highest BCUT2D eigenvalue weighted by Crippen LogP contribution is 2.35. The van der Waals surface area contributed by atoms with Gasteiger partial charge in [0, 0.05) is 17.4 Å². The number of fused-ring (bicyclic) bond motifs is 1. The van der Waals surface area contributed by atoms with Crippen molar-refractivity contribution >= 4 is 45.5 Å². The number of hydrazine groups is 1. The van der Waals surface area contributed by atoms with Gasteiger partial charge in [0.05, 0.1) is 12.2 Å². The number of benzene rings is 2. The molecule has 0 saturated carbocycles. The van der Waals surface area contributed by atoms with E-state index < -0.39 is 18.0 Å². The Balaban J connectivity index is 1.34. The normalized spacial score (nSPS) is 12.4. The lowest BCUT2D eigenvalue weighted by Crippen LogP contribution is -2.48. The molecule has 188 valence electrons. The predicted molar refractivity (Wildman–Crippen MR) is 140 cm³/mol. The van der Waals surface area contributed by atoms with E-state index in [-0.39, 0.29) is 18.5 Å². The summed E-state index contributed by atoms with van der Waals surface area (Å²) < 4.78 is 21.5. The van der Waals surface area contributed by atoms with Gasteiger partial charge in [0.15, 0.2) is 22.7 Å². The Morgan fingerprint density at radius 1 is 1.08 bits per heavy atom. The number of esters is 1. The number of anilines is 1. The first kappa shape index (κ1) is 25.3. The van der Waals surface area contributed by atoms with Crippen molar-refractivity contribution < 1.29 is 28.5 Å². The summed E-state index contributed by atoms with van der Waals surface area (Å²) in [4.78, 5) is 25.9. The first-order valence-corrected chi connectivity index (χ1v) is 12.4. The van der Waals surface area contributed by atoms with Crippen LogP contribution in [0, 0.1) is 0 Å². The Bertz CT molecular complexity index is 1250. The third kappa shape index (κ3) is 6.43. The summed E-state index contributed by atoms with van der Waals surface area (Å²) in [5, 5.41) is 3.61. The van der Waals surface area contributed by atoms with Gasteiger partial charge in [-0.2, -0.15) is 0 Å². The van der Waals surface area contributed by atoms with E-state index in [1.165, 1.54) is 11.3 Å². The van der Waals surface area contributed by atoms with Crippen molar-refractivity contribution in [2.45, 2.75) is 26.4 Å². The highest BCUT2D eigenvalue weighted by molar-refractivity contribution is 7.80. The van der Waals surface area contributed by atoms with Crippen LogP contribution in [0.15, 0.2) is 54.6 Å². The van der Waals surface area contributed by atoms with Crippen molar-refractivity contribution in [3.05, 3.63) is 70.6 Å². The van der Waals surface area contributed by atoms with Gasteiger partial charge >= 0.3 is 5.97 Å². The molecule has 0 spiro atoms. The van der Waals surface area contributed by atoms with Gasteiger partial charge in [-0.1, -0.05) is 30.3 Å². The fraction of sp³-hybridized carbons (Fsp3) is 0.240. The van der Waals surface area contributed by atoms with Gasteiger partial charge in [-0.05, 0) is 49.8 Å². The largest absolute Gasteiger partial charge is 0.481 e. The molecule has 1 amide bonds. The minimum absolute atomic E-state index is 0.109. The van der Waals surface area contributed by atoms with Crippen molar-refractivity contribution in [3.8, 4) is 17.2 Å². The SMILES string of the molecule is CCOC(=O)c1cc(Cc2ccccc2)sc1NC(=S)NNC(=O)[C@H](C)Oc1ccc2c(c1)OCO2. The van der Waals surface area contributed by atoms with Gasteiger partial charge < -0.3 is 24.3 Å². The molecule has 1 aliphatic heterocycles. The summed E-state index contributed by atoms with van der Waals surface area (Å²) in [6.07, 6.45) is -0.166. The Morgan fingerprint density at radius 2 is 1.86 bits per heavy atom. The van der Waals surface area contributed by atoms with Crippen LogP contribution in [0.2, 0.25) is 0 Å². The van der Waals surface area contributed by atoms with E-state index >= 15 is 0 Å². The number of hydrogen-bond donors (Lipinski definition) is 3. The minimum Gasteiger partial charge on any atom is -0.481 e. The second kappa shape index (κ2) is 11.7. The minimum atomic E-state index is -0.824. The number of carbonyl (C=O) groups excluding carboxylic acids is 2. The molecule has 0 aliphatic carbocycles. The Hall–Kier alpha value is -3.83. The molecule has 1 aliphatic rings. The lowest BCUT2D eigenvalue weighted by Gasteiger charge is -2.16. The highest BCUT2D eigenvalue weighted by atomic mass is 32.1. The lowest BCUT2D eigenvalue weighted by atomic mass is 10.1. The monoisotopic (exact) mass is 527 g/mol. The lowest BCUT2D eigenvalue weighted by molar-refractivity contribution is -0.127. The molecule has 3 aromatic rings. The second-order valence-corrected chi connectivity index (χ2v) is 9.23. The van der Waals surface area contributed by atoms with Crippen LogP contribution in [0.4, 0.5) is 5.00 Å². The van der Waals surface area contributed by atoms with E-state index in [1.807, 2.05) is 30.3 Å². The van der Waals surface area contributed by atoms with Crippen LogP contribution in [-0.4, -0.2) is 36.5 Å². The topological polar surface area (TPSA) is 107 Å². The van der Waals surface area contributed by atoms with Crippen LogP contribution in [0.5, 0.6) is 17.2 Å². The van der Waals surface area contributed by atoms with E-state index in [1.54, 1.807) is 38.1 Å². The molecule has 9 nitrogen and oxygen atoms in total. The van der Waals surface area contributed by atoms with Crippen molar-refractivity contribution in [2.24, 2.45) is 0 Å². The van der Waals surface area contributed by atoms with Gasteiger partial charge in [0.2, 0.25) is 6.79 Å². The molecule has 11 heteroatoms. The summed E-state index contributed by atoms with van der Waals surface area (Å²) >= 11 is 6.71. The molecule has 0 saturated heterocycles. The zero-order chi connectivity index (χ0) is 25.5. The predicted octanol–water partition coefficient (Wildman–Crippen LogP) is 4.03. The van der Waals surface area contributed by atoms with Crippen molar-refractivity contribution in [2.75, 3.05) is 18.7 Å². The molecule has 0 unspecified atom stereocenters. The van der Waals surface area contributed by atoms with Crippen molar-refractivity contribution in [3.63, 3.8) is 0 Å². The number of carbonyl (C=O) groups is 2. The summed E-state index contributed by atoms with van der Waals surface area (Å²) in [5.41, 5.74) is 6.65. The van der Waals surface area contributed by atoms with Crippen molar-refractivity contribution in [1.82, 2.24) is 10.9 Å². The number of thiophene rings is 1. The molecule has 1 atom stereocenters. The number of hydrogen-bond acceptors (Lipinski definition) is 8. The van der Waals surface area contributed by atoms with Gasteiger partial charge in [0.25, 0.3) is 5.91 Å². The van der Waals surface area contributed by atoms with E-state index in [2.05, 4.69) is 16.2 Å². The van der Waals surface area contributed by atoms with Gasteiger partial charge in [0.1, 0.15) is 10.8 Å². The third-order valence-electron chi connectivity index (χ3n) is 5.05. The molecule has 1 aromatic heterocycles. The number of amides is 1. The zero-order valence-electron chi connectivity index (χ0n) is 19.7. The van der Waals surface area contributed by atoms with Crippen LogP contribution in [-0.2, 0) is 16.0 Å². The molecule has 3 N–H and O–H groups in total. The molecular formula is C25H25N3O6S2. The van der Waals surface area contributed by atoms with Crippen LogP contribution in [0.25, 0.3) is 0 Å². The number of ether oxygens (including phenoxy) is 4. The molecule has 0 bridgehead atoms. The molecule has 2 aromatic carbocycles. The number of nitrogens with one attached hydrogen (secondary N) is 3. The van der Waals surface area contributed by atoms with Crippen LogP contribution in [0.1, 0.15) is 34.6 Å². The maximum absolute atomic E-state index is 12.5. The fourth-order valence-electron chi connectivity index (χ4n) is 3.34. The number of rotatable bonds is 8. The molecular weight excluding hydrogens is 502 g/mol. The second-order valence-electron chi connectivity index (χ2n) is 7.68. The average molecular weight is 528 g/mol. The van der Waals surface area contributed by atoms with Gasteiger partial charge in [-0.25, -0.2) is 4.79 Å². The van der Waals surface area contributed by atoms with Crippen LogP contribution < -0.4 is 30.4 Å². The quantitative estimate of drug-likeness (QED) is 0.227. The van der Waals surface area contributed by atoms with Crippen LogP contribution >= 0.6 is 23.6 Å². The van der Waals surface area contributed by atoms with Crippen molar-refractivity contribution in [1.29, 1.82) is 0 Å². The Labute approximate surface area is 217 Å². The maximum atomic E-state index is 12.5. The summed E-state index contributed by atoms with van der Waals surface area (Å²) in [6.45, 7) is 3.75. The third-order valence-corrected chi connectivity index (χ3v) is 6.31. The zero-order valence-corrected chi connectivity index (χ0v) is 21.3. The smallest absolute Gasteiger partial charge is 0.341 e. The summed E-state index contributed by atoms with van der Waals surface area (Å²) in [5.74, 6) is 0.751. The summed E-state index contributed by atoms with van der Waals surface area (Å²) in [6, 6.07) is 16.8. The number of thiocarbonyl (C=S) groups is 1. The molecule has 0 fully saturated rings. The van der Waals surface area contributed by atoms with Crippen LogP contribution in [0.3, 0.4) is 0 Å². The Kier molecular flexibility index (Phi) is 8.24. The standard InChI is InChI=1S/C25H25N3O6S2/c1-3-31-24(30)19-13-18(11-16-7-5-4-6-8-16)36-23(19)26-25(35)28-27-22(29)15(2)34-17-9-10-20-21(12-17)33-14-32-20/h4-10,12-13,15H,3,11,14H2,1-2H3,(H,27,29)(H2,26,28,35)/t15-/m0/s1. The first-order chi connectivity index (χ1) is 17.4.